The summed E-state index contributed by atoms with van der Waals surface area (Å²) in [6.45, 7) is 2.13. The minimum Gasteiger partial charge on any atom is -0.504 e. The second-order valence-electron chi connectivity index (χ2n) is 6.92. The number of fused-ring (bicyclic) bond motifs is 3. The first-order valence-electron chi connectivity index (χ1n) is 9.64. The fourth-order valence-corrected chi connectivity index (χ4v) is 4.69. The summed E-state index contributed by atoms with van der Waals surface area (Å²) in [5.41, 5.74) is 2.60. The van der Waals surface area contributed by atoms with Gasteiger partial charge in [0.1, 0.15) is 0 Å². The number of H-pyrrole nitrogens is 1. The minimum atomic E-state index is -0.460. The molecular formula is C21H22BrN4O3S+. The van der Waals surface area contributed by atoms with Crippen LogP contribution >= 0.6 is 27.7 Å². The van der Waals surface area contributed by atoms with E-state index < -0.39 is 6.17 Å². The number of unbranched alkanes of at least 4 members (excludes halogenated alkanes) is 1. The SMILES string of the molecule is CCCCSc1n[n+]2c(c(=O)[nH]1)-c1cc(Br)ccc1N[C@@H]2c1ccc(OC)c(O)c1. The minimum absolute atomic E-state index is 0.0305. The van der Waals surface area contributed by atoms with Crippen molar-refractivity contribution in [1.29, 1.82) is 0 Å². The maximum absolute atomic E-state index is 13.1. The van der Waals surface area contributed by atoms with Crippen molar-refractivity contribution < 1.29 is 14.5 Å². The van der Waals surface area contributed by atoms with E-state index in [-0.39, 0.29) is 11.3 Å². The molecule has 0 amide bonds. The molecule has 0 fully saturated rings. The highest BCUT2D eigenvalue weighted by Crippen LogP contribution is 2.36. The molecule has 1 aromatic heterocycles. The third kappa shape index (κ3) is 3.91. The van der Waals surface area contributed by atoms with Gasteiger partial charge in [-0.05, 0) is 47.5 Å². The van der Waals surface area contributed by atoms with Crippen LogP contribution in [0.2, 0.25) is 0 Å². The number of halogens is 1. The Hall–Kier alpha value is -2.52. The van der Waals surface area contributed by atoms with Crippen molar-refractivity contribution >= 4 is 33.4 Å². The Morgan fingerprint density at radius 2 is 2.13 bits per heavy atom. The number of phenols is 1. The molecule has 2 heterocycles. The summed E-state index contributed by atoms with van der Waals surface area (Å²) in [7, 11) is 1.51. The number of nitrogens with zero attached hydrogens (tertiary/aromatic N) is 2. The van der Waals surface area contributed by atoms with E-state index in [1.54, 1.807) is 16.8 Å². The number of hydrogen-bond acceptors (Lipinski definition) is 6. The van der Waals surface area contributed by atoms with Gasteiger partial charge < -0.3 is 15.2 Å². The number of benzene rings is 2. The summed E-state index contributed by atoms with van der Waals surface area (Å²) < 4.78 is 7.73. The molecule has 1 aliphatic heterocycles. The smallest absolute Gasteiger partial charge is 0.325 e. The molecule has 1 atom stereocenters. The van der Waals surface area contributed by atoms with Crippen molar-refractivity contribution in [3.8, 4) is 22.8 Å². The van der Waals surface area contributed by atoms with Gasteiger partial charge in [-0.1, -0.05) is 41.0 Å². The molecule has 3 aromatic rings. The fraction of sp³-hybridized carbons (Fsp3) is 0.286. The first kappa shape index (κ1) is 20.7. The number of rotatable bonds is 6. The highest BCUT2D eigenvalue weighted by atomic mass is 79.9. The van der Waals surface area contributed by atoms with Crippen LogP contribution in [0.15, 0.2) is 50.8 Å². The van der Waals surface area contributed by atoms with Crippen LogP contribution in [0.5, 0.6) is 11.5 Å². The number of aromatic amines is 1. The first-order valence-corrected chi connectivity index (χ1v) is 11.4. The summed E-state index contributed by atoms with van der Waals surface area (Å²) in [5.74, 6) is 1.30. The lowest BCUT2D eigenvalue weighted by Crippen LogP contribution is -2.55. The van der Waals surface area contributed by atoms with E-state index in [4.69, 9.17) is 9.84 Å². The number of hydrogen-bond donors (Lipinski definition) is 3. The van der Waals surface area contributed by atoms with E-state index in [0.29, 0.717) is 16.6 Å². The van der Waals surface area contributed by atoms with Crippen LogP contribution in [0.25, 0.3) is 11.3 Å². The standard InChI is InChI=1S/C21H21BrN4O3S/c1-3-4-9-30-21-24-20(28)18-14-11-13(22)6-7-15(14)23-19(26(18)25-21)12-5-8-17(29-2)16(27)10-12/h5-8,10-11,19H,3-4,9H2,1-2H3,(H2,24,25,27,28)/p+1/t19-/m0/s1. The van der Waals surface area contributed by atoms with Gasteiger partial charge in [0.2, 0.25) is 5.16 Å². The number of aromatic nitrogens is 3. The Bertz CT molecular complexity index is 1150. The highest BCUT2D eigenvalue weighted by molar-refractivity contribution is 9.10. The van der Waals surface area contributed by atoms with Crippen LogP contribution in [0.4, 0.5) is 5.69 Å². The van der Waals surface area contributed by atoms with E-state index in [2.05, 4.69) is 33.2 Å². The molecule has 0 saturated heterocycles. The molecule has 9 heteroatoms. The summed E-state index contributed by atoms with van der Waals surface area (Å²) in [4.78, 5) is 16.0. The van der Waals surface area contributed by atoms with Gasteiger partial charge in [-0.3, -0.25) is 9.78 Å². The van der Waals surface area contributed by atoms with Crippen LogP contribution in [0, 0.1) is 0 Å². The summed E-state index contributed by atoms with van der Waals surface area (Å²) in [5, 5.41) is 19.0. The van der Waals surface area contributed by atoms with Crippen LogP contribution in [0.1, 0.15) is 31.5 Å². The molecule has 0 aliphatic carbocycles. The van der Waals surface area contributed by atoms with E-state index in [1.807, 2.05) is 24.3 Å². The predicted molar refractivity (Wildman–Crippen MR) is 120 cm³/mol. The Morgan fingerprint density at radius 3 is 2.87 bits per heavy atom. The number of thioether (sulfide) groups is 1. The maximum Gasteiger partial charge on any atom is 0.325 e. The Balaban J connectivity index is 1.87. The number of aromatic hydroxyl groups is 1. The highest BCUT2D eigenvalue weighted by Gasteiger charge is 2.38. The molecule has 2 aromatic carbocycles. The van der Waals surface area contributed by atoms with Crippen molar-refractivity contribution in [2.45, 2.75) is 31.1 Å². The van der Waals surface area contributed by atoms with Gasteiger partial charge in [-0.15, -0.1) is 0 Å². The average Bonchev–Trinajstić information content (AvgIpc) is 2.73. The zero-order chi connectivity index (χ0) is 21.3. The number of ether oxygens (including phenoxy) is 1. The monoisotopic (exact) mass is 489 g/mol. The molecule has 4 rings (SSSR count). The molecule has 0 spiro atoms. The average molecular weight is 490 g/mol. The number of methoxy groups -OCH3 is 1. The van der Waals surface area contributed by atoms with Crippen LogP contribution in [-0.2, 0) is 0 Å². The second-order valence-corrected chi connectivity index (χ2v) is 8.92. The lowest BCUT2D eigenvalue weighted by Gasteiger charge is -2.23. The summed E-state index contributed by atoms with van der Waals surface area (Å²) in [6.07, 6.45) is 1.66. The predicted octanol–water partition coefficient (Wildman–Crippen LogP) is 4.07. The molecule has 3 N–H and O–H groups in total. The van der Waals surface area contributed by atoms with Gasteiger partial charge in [-0.25, -0.2) is 0 Å². The van der Waals surface area contributed by atoms with Crippen LogP contribution in [0.3, 0.4) is 0 Å². The number of anilines is 1. The quantitative estimate of drug-likeness (QED) is 0.274. The van der Waals surface area contributed by atoms with E-state index >= 15 is 0 Å². The lowest BCUT2D eigenvalue weighted by atomic mass is 10.0. The van der Waals surface area contributed by atoms with Gasteiger partial charge in [-0.2, -0.15) is 0 Å². The Kier molecular flexibility index (Phi) is 6.01. The number of phenolic OH excluding ortho intramolecular Hbond substituents is 1. The molecule has 0 radical (unpaired) electrons. The van der Waals surface area contributed by atoms with Gasteiger partial charge >= 0.3 is 11.3 Å². The van der Waals surface area contributed by atoms with Crippen molar-refractivity contribution in [1.82, 2.24) is 10.1 Å². The molecule has 7 nitrogen and oxygen atoms in total. The molecular weight excluding hydrogens is 468 g/mol. The number of nitrogens with one attached hydrogen (secondary N) is 2. The van der Waals surface area contributed by atoms with Gasteiger partial charge in [0.05, 0.1) is 18.4 Å². The second kappa shape index (κ2) is 8.69. The van der Waals surface area contributed by atoms with E-state index in [0.717, 1.165) is 39.9 Å². The molecule has 1 aliphatic rings. The van der Waals surface area contributed by atoms with Gasteiger partial charge in [0.15, 0.2) is 11.5 Å². The third-order valence-corrected chi connectivity index (χ3v) is 6.34. The molecule has 156 valence electrons. The lowest BCUT2D eigenvalue weighted by molar-refractivity contribution is -0.759. The summed E-state index contributed by atoms with van der Waals surface area (Å²) in [6, 6.07) is 10.9. The van der Waals surface area contributed by atoms with Gasteiger partial charge in [0, 0.05) is 20.9 Å². The largest absolute Gasteiger partial charge is 0.504 e. The van der Waals surface area contributed by atoms with E-state index in [1.165, 1.54) is 18.9 Å². The van der Waals surface area contributed by atoms with Crippen molar-refractivity contribution in [3.05, 3.63) is 56.8 Å². The van der Waals surface area contributed by atoms with Crippen molar-refractivity contribution in [3.63, 3.8) is 0 Å². The zero-order valence-electron chi connectivity index (χ0n) is 16.6. The zero-order valence-corrected chi connectivity index (χ0v) is 19.0. The Morgan fingerprint density at radius 1 is 1.30 bits per heavy atom. The molecule has 0 bridgehead atoms. The maximum atomic E-state index is 13.1. The van der Waals surface area contributed by atoms with Gasteiger partial charge in [0.25, 0.3) is 6.17 Å². The summed E-state index contributed by atoms with van der Waals surface area (Å²) >= 11 is 5.02. The van der Waals surface area contributed by atoms with Crippen LogP contribution in [-0.4, -0.2) is 28.1 Å². The Labute approximate surface area is 186 Å². The molecule has 0 unspecified atom stereocenters. The third-order valence-electron chi connectivity index (χ3n) is 4.89. The van der Waals surface area contributed by atoms with Crippen molar-refractivity contribution in [2.24, 2.45) is 0 Å². The van der Waals surface area contributed by atoms with Crippen molar-refractivity contribution in [2.75, 3.05) is 18.2 Å². The first-order chi connectivity index (χ1) is 14.5. The fourth-order valence-electron chi connectivity index (χ4n) is 3.39. The van der Waals surface area contributed by atoms with E-state index in [9.17, 15) is 9.90 Å². The topological polar surface area (TPSA) is 91.1 Å². The molecule has 30 heavy (non-hydrogen) atoms. The molecule has 0 saturated carbocycles. The normalized spacial score (nSPS) is 14.6. The van der Waals surface area contributed by atoms with Crippen LogP contribution < -0.4 is 20.3 Å².